The number of methoxy groups -OCH3 is 1. The van der Waals surface area contributed by atoms with Crippen LogP contribution in [0.3, 0.4) is 0 Å². The molecule has 0 amide bonds. The van der Waals surface area contributed by atoms with Crippen molar-refractivity contribution in [3.63, 3.8) is 0 Å². The van der Waals surface area contributed by atoms with E-state index in [1.54, 1.807) is 7.11 Å². The molecule has 0 aliphatic rings. The zero-order valence-corrected chi connectivity index (χ0v) is 12.2. The predicted octanol–water partition coefficient (Wildman–Crippen LogP) is 2.04. The number of benzene rings is 1. The summed E-state index contributed by atoms with van der Waals surface area (Å²) in [5.74, 6) is 2.51. The van der Waals surface area contributed by atoms with Gasteiger partial charge in [-0.15, -0.1) is 0 Å². The van der Waals surface area contributed by atoms with Crippen LogP contribution >= 0.6 is 0 Å². The molecule has 1 aromatic carbocycles. The summed E-state index contributed by atoms with van der Waals surface area (Å²) in [6.07, 6.45) is 0. The number of ether oxygens (including phenoxy) is 1. The second-order valence-electron chi connectivity index (χ2n) is 4.41. The van der Waals surface area contributed by atoms with Crippen LogP contribution < -0.4 is 15.0 Å². The molecule has 0 aliphatic carbocycles. The molecule has 0 saturated carbocycles. The van der Waals surface area contributed by atoms with Gasteiger partial charge in [0.15, 0.2) is 5.82 Å². The van der Waals surface area contributed by atoms with E-state index in [9.17, 15) is 0 Å². The maximum absolute atomic E-state index is 5.37. The Morgan fingerprint density at radius 3 is 2.55 bits per heavy atom. The average Bonchev–Trinajstić information content (AvgIpc) is 2.47. The minimum Gasteiger partial charge on any atom is -0.496 e. The van der Waals surface area contributed by atoms with E-state index < -0.39 is 0 Å². The number of hydrogen-bond acceptors (Lipinski definition) is 6. The predicted molar refractivity (Wildman–Crippen MR) is 80.3 cm³/mol. The van der Waals surface area contributed by atoms with Crippen LogP contribution in [0, 0.1) is 0 Å². The molecule has 0 fully saturated rings. The van der Waals surface area contributed by atoms with Gasteiger partial charge in [0.05, 0.1) is 12.7 Å². The molecule has 0 bridgehead atoms. The van der Waals surface area contributed by atoms with Gasteiger partial charge in [-0.25, -0.2) is 0 Å². The van der Waals surface area contributed by atoms with Gasteiger partial charge in [0.2, 0.25) is 11.9 Å². The molecule has 6 heteroatoms. The van der Waals surface area contributed by atoms with Crippen molar-refractivity contribution in [3.8, 4) is 17.1 Å². The second-order valence-corrected chi connectivity index (χ2v) is 4.41. The van der Waals surface area contributed by atoms with Crippen molar-refractivity contribution in [3.05, 3.63) is 24.3 Å². The topological polar surface area (TPSA) is 63.2 Å². The number of nitrogens with zero attached hydrogens (tertiary/aromatic N) is 4. The number of hydrogen-bond donors (Lipinski definition) is 1. The molecule has 0 aliphatic heterocycles. The van der Waals surface area contributed by atoms with Crippen molar-refractivity contribution in [2.45, 2.75) is 6.92 Å². The van der Waals surface area contributed by atoms with Gasteiger partial charge in [-0.2, -0.15) is 15.0 Å². The van der Waals surface area contributed by atoms with E-state index in [-0.39, 0.29) is 0 Å². The molecule has 6 nitrogen and oxygen atoms in total. The van der Waals surface area contributed by atoms with Gasteiger partial charge in [-0.05, 0) is 19.1 Å². The number of para-hydroxylation sites is 1. The van der Waals surface area contributed by atoms with E-state index in [4.69, 9.17) is 4.74 Å². The zero-order valence-electron chi connectivity index (χ0n) is 12.2. The van der Waals surface area contributed by atoms with Gasteiger partial charge in [-0.3, -0.25) is 0 Å². The Kier molecular flexibility index (Phi) is 4.34. The van der Waals surface area contributed by atoms with E-state index in [0.717, 1.165) is 17.9 Å². The molecule has 0 radical (unpaired) electrons. The van der Waals surface area contributed by atoms with E-state index in [1.807, 2.05) is 50.2 Å². The Bertz CT molecular complexity index is 586. The number of aromatic nitrogens is 3. The highest BCUT2D eigenvalue weighted by Crippen LogP contribution is 2.28. The molecule has 0 saturated heterocycles. The highest BCUT2D eigenvalue weighted by atomic mass is 16.5. The largest absolute Gasteiger partial charge is 0.496 e. The van der Waals surface area contributed by atoms with Gasteiger partial charge >= 0.3 is 0 Å². The van der Waals surface area contributed by atoms with Crippen LogP contribution in [-0.2, 0) is 0 Å². The Hall–Kier alpha value is -2.37. The van der Waals surface area contributed by atoms with Crippen LogP contribution in [0.4, 0.5) is 11.9 Å². The molecule has 20 heavy (non-hydrogen) atoms. The summed E-state index contributed by atoms with van der Waals surface area (Å²) < 4.78 is 5.37. The number of anilines is 2. The van der Waals surface area contributed by atoms with Crippen LogP contribution in [0.15, 0.2) is 24.3 Å². The summed E-state index contributed by atoms with van der Waals surface area (Å²) in [5.41, 5.74) is 0.847. The summed E-state index contributed by atoms with van der Waals surface area (Å²) in [6.45, 7) is 2.75. The minimum atomic E-state index is 0.562. The quantitative estimate of drug-likeness (QED) is 0.899. The van der Waals surface area contributed by atoms with Gasteiger partial charge in [-0.1, -0.05) is 12.1 Å². The fourth-order valence-electron chi connectivity index (χ4n) is 1.75. The fourth-order valence-corrected chi connectivity index (χ4v) is 1.75. The van der Waals surface area contributed by atoms with Crippen LogP contribution in [-0.4, -0.2) is 42.7 Å². The molecule has 0 spiro atoms. The van der Waals surface area contributed by atoms with Gasteiger partial charge in [0, 0.05) is 20.6 Å². The summed E-state index contributed by atoms with van der Waals surface area (Å²) in [5, 5.41) is 3.12. The van der Waals surface area contributed by atoms with Crippen LogP contribution in [0.1, 0.15) is 6.92 Å². The Balaban J connectivity index is 2.54. The van der Waals surface area contributed by atoms with Gasteiger partial charge < -0.3 is 15.0 Å². The van der Waals surface area contributed by atoms with Crippen molar-refractivity contribution >= 4 is 11.9 Å². The molecule has 1 heterocycles. The third-order valence-electron chi connectivity index (χ3n) is 2.71. The summed E-state index contributed by atoms with van der Waals surface area (Å²) in [7, 11) is 5.44. The van der Waals surface area contributed by atoms with Crippen molar-refractivity contribution in [2.75, 3.05) is 38.0 Å². The maximum atomic E-state index is 5.37. The molecule has 2 aromatic rings. The lowest BCUT2D eigenvalue weighted by molar-refractivity contribution is 0.416. The molecular formula is C14H19N5O. The molecule has 0 atom stereocenters. The SMILES string of the molecule is CCNc1nc(-c2ccccc2OC)nc(N(C)C)n1. The molecule has 1 N–H and O–H groups in total. The first-order valence-electron chi connectivity index (χ1n) is 6.46. The third-order valence-corrected chi connectivity index (χ3v) is 2.71. The third kappa shape index (κ3) is 2.96. The molecule has 106 valence electrons. The standard InChI is InChI=1S/C14H19N5O/c1-5-15-13-16-12(17-14(18-13)19(2)3)10-8-6-7-9-11(10)20-4/h6-9H,5H2,1-4H3,(H,15,16,17,18). The van der Waals surface area contributed by atoms with Gasteiger partial charge in [0.1, 0.15) is 5.75 Å². The van der Waals surface area contributed by atoms with E-state index in [0.29, 0.717) is 17.7 Å². The maximum Gasteiger partial charge on any atom is 0.230 e. The lowest BCUT2D eigenvalue weighted by Gasteiger charge is -2.14. The van der Waals surface area contributed by atoms with E-state index in [1.165, 1.54) is 0 Å². The highest BCUT2D eigenvalue weighted by Gasteiger charge is 2.12. The van der Waals surface area contributed by atoms with E-state index in [2.05, 4.69) is 20.3 Å². The zero-order chi connectivity index (χ0) is 14.5. The summed E-state index contributed by atoms with van der Waals surface area (Å²) in [6, 6.07) is 7.68. The first-order chi connectivity index (χ1) is 9.65. The lowest BCUT2D eigenvalue weighted by Crippen LogP contribution is -2.16. The first kappa shape index (κ1) is 14.0. The van der Waals surface area contributed by atoms with Crippen LogP contribution in [0.5, 0.6) is 5.75 Å². The molecular weight excluding hydrogens is 254 g/mol. The molecule has 0 unspecified atom stereocenters. The molecule has 2 rings (SSSR count). The Morgan fingerprint density at radius 2 is 1.90 bits per heavy atom. The Morgan fingerprint density at radius 1 is 1.15 bits per heavy atom. The van der Waals surface area contributed by atoms with Crippen molar-refractivity contribution in [2.24, 2.45) is 0 Å². The summed E-state index contributed by atoms with van der Waals surface area (Å²) in [4.78, 5) is 15.1. The number of nitrogens with one attached hydrogen (secondary N) is 1. The Labute approximate surface area is 118 Å². The first-order valence-corrected chi connectivity index (χ1v) is 6.46. The smallest absolute Gasteiger partial charge is 0.230 e. The lowest BCUT2D eigenvalue weighted by atomic mass is 10.2. The monoisotopic (exact) mass is 273 g/mol. The van der Waals surface area contributed by atoms with Gasteiger partial charge in [0.25, 0.3) is 0 Å². The average molecular weight is 273 g/mol. The number of rotatable bonds is 5. The van der Waals surface area contributed by atoms with Crippen molar-refractivity contribution in [1.82, 2.24) is 15.0 Å². The normalized spacial score (nSPS) is 10.2. The summed E-state index contributed by atoms with van der Waals surface area (Å²) >= 11 is 0. The van der Waals surface area contributed by atoms with Crippen molar-refractivity contribution in [1.29, 1.82) is 0 Å². The van der Waals surface area contributed by atoms with Crippen LogP contribution in [0.25, 0.3) is 11.4 Å². The van der Waals surface area contributed by atoms with Crippen LogP contribution in [0.2, 0.25) is 0 Å². The van der Waals surface area contributed by atoms with E-state index >= 15 is 0 Å². The van der Waals surface area contributed by atoms with Crippen molar-refractivity contribution < 1.29 is 4.74 Å². The second kappa shape index (κ2) is 6.18. The molecule has 1 aromatic heterocycles. The minimum absolute atomic E-state index is 0.562. The highest BCUT2D eigenvalue weighted by molar-refractivity contribution is 5.65. The fraction of sp³-hybridized carbons (Fsp3) is 0.357.